The lowest BCUT2D eigenvalue weighted by Gasteiger charge is -2.07. The van der Waals surface area contributed by atoms with Gasteiger partial charge in [0.25, 0.3) is 0 Å². The second-order valence-electron chi connectivity index (χ2n) is 5.95. The van der Waals surface area contributed by atoms with E-state index in [0.717, 1.165) is 22.6 Å². The van der Waals surface area contributed by atoms with Crippen molar-refractivity contribution in [3.05, 3.63) is 81.5 Å². The van der Waals surface area contributed by atoms with Crippen LogP contribution in [-0.4, -0.2) is 0 Å². The molecule has 2 aromatic carbocycles. The van der Waals surface area contributed by atoms with Gasteiger partial charge in [0.1, 0.15) is 5.76 Å². The SMILES string of the molecule is Cc1ccc(Sc2oc(/C=C(/C#N)c3cccc(C(F)(F)F)c3)cc2Br)cc1. The van der Waals surface area contributed by atoms with Crippen molar-refractivity contribution in [1.82, 2.24) is 0 Å². The van der Waals surface area contributed by atoms with E-state index in [0.29, 0.717) is 15.3 Å². The van der Waals surface area contributed by atoms with Gasteiger partial charge < -0.3 is 4.42 Å². The standard InChI is InChI=1S/C21H13BrF3NOS/c1-13-5-7-18(8-6-13)28-20-19(22)11-17(27-20)10-15(12-26)14-3-2-4-16(9-14)21(23,24)25/h2-11H,1H3/b15-10-. The molecule has 3 rings (SSSR count). The fourth-order valence-electron chi connectivity index (χ4n) is 2.41. The van der Waals surface area contributed by atoms with Crippen LogP contribution in [0.3, 0.4) is 0 Å². The summed E-state index contributed by atoms with van der Waals surface area (Å²) in [6.45, 7) is 2.00. The highest BCUT2D eigenvalue weighted by Crippen LogP contribution is 2.37. The minimum atomic E-state index is -4.47. The number of nitrogens with zero attached hydrogens (tertiary/aromatic N) is 1. The minimum Gasteiger partial charge on any atom is -0.449 e. The molecule has 0 amide bonds. The van der Waals surface area contributed by atoms with Crippen molar-refractivity contribution < 1.29 is 17.6 Å². The highest BCUT2D eigenvalue weighted by atomic mass is 79.9. The number of hydrogen-bond acceptors (Lipinski definition) is 3. The summed E-state index contributed by atoms with van der Waals surface area (Å²) in [7, 11) is 0. The molecular weight excluding hydrogens is 451 g/mol. The first-order valence-corrected chi connectivity index (χ1v) is 9.70. The van der Waals surface area contributed by atoms with Gasteiger partial charge >= 0.3 is 6.18 Å². The molecule has 142 valence electrons. The lowest BCUT2D eigenvalue weighted by molar-refractivity contribution is -0.137. The lowest BCUT2D eigenvalue weighted by Crippen LogP contribution is -2.04. The third-order valence-corrected chi connectivity index (χ3v) is 5.66. The number of furan rings is 1. The third kappa shape index (κ3) is 4.89. The van der Waals surface area contributed by atoms with Crippen LogP contribution in [-0.2, 0) is 6.18 Å². The van der Waals surface area contributed by atoms with E-state index in [1.165, 1.54) is 30.0 Å². The van der Waals surface area contributed by atoms with Crippen molar-refractivity contribution >= 4 is 39.3 Å². The molecule has 0 atom stereocenters. The average Bonchev–Trinajstić information content (AvgIpc) is 3.00. The molecule has 28 heavy (non-hydrogen) atoms. The van der Waals surface area contributed by atoms with Gasteiger partial charge in [-0.1, -0.05) is 41.6 Å². The molecule has 0 aliphatic rings. The van der Waals surface area contributed by atoms with E-state index in [1.807, 2.05) is 37.3 Å². The molecular formula is C21H13BrF3NOS. The molecule has 0 radical (unpaired) electrons. The van der Waals surface area contributed by atoms with Gasteiger partial charge in [0.05, 0.1) is 21.7 Å². The van der Waals surface area contributed by atoms with E-state index in [4.69, 9.17) is 4.42 Å². The second-order valence-corrected chi connectivity index (χ2v) is 7.85. The highest BCUT2D eigenvalue weighted by molar-refractivity contribution is 9.10. The summed E-state index contributed by atoms with van der Waals surface area (Å²) in [5.41, 5.74) is 0.602. The van der Waals surface area contributed by atoms with Crippen molar-refractivity contribution in [3.63, 3.8) is 0 Å². The van der Waals surface area contributed by atoms with E-state index in [-0.39, 0.29) is 11.1 Å². The topological polar surface area (TPSA) is 36.9 Å². The van der Waals surface area contributed by atoms with Crippen LogP contribution in [0.1, 0.15) is 22.5 Å². The Morgan fingerprint density at radius 2 is 1.86 bits per heavy atom. The summed E-state index contributed by atoms with van der Waals surface area (Å²) in [6, 6.07) is 16.2. The maximum atomic E-state index is 12.9. The third-order valence-electron chi connectivity index (χ3n) is 3.81. The van der Waals surface area contributed by atoms with Crippen LogP contribution in [0.2, 0.25) is 0 Å². The van der Waals surface area contributed by atoms with Crippen LogP contribution in [0, 0.1) is 18.3 Å². The van der Waals surface area contributed by atoms with E-state index < -0.39 is 11.7 Å². The Hall–Kier alpha value is -2.43. The Kier molecular flexibility index (Phi) is 6.01. The Morgan fingerprint density at radius 1 is 1.14 bits per heavy atom. The molecule has 1 heterocycles. The molecule has 0 saturated heterocycles. The molecule has 7 heteroatoms. The zero-order valence-corrected chi connectivity index (χ0v) is 17.0. The van der Waals surface area contributed by atoms with Gasteiger partial charge in [-0.3, -0.25) is 0 Å². The van der Waals surface area contributed by atoms with Gasteiger partial charge in [-0.05, 0) is 64.8 Å². The quantitative estimate of drug-likeness (QED) is 0.374. The maximum absolute atomic E-state index is 12.9. The summed E-state index contributed by atoms with van der Waals surface area (Å²) in [6.07, 6.45) is -3.04. The molecule has 0 spiro atoms. The van der Waals surface area contributed by atoms with Crippen LogP contribution in [0.4, 0.5) is 13.2 Å². The van der Waals surface area contributed by atoms with E-state index in [2.05, 4.69) is 15.9 Å². The number of aryl methyl sites for hydroxylation is 1. The molecule has 3 aromatic rings. The largest absolute Gasteiger partial charge is 0.449 e. The first-order chi connectivity index (χ1) is 13.3. The lowest BCUT2D eigenvalue weighted by atomic mass is 10.0. The molecule has 1 aromatic heterocycles. The van der Waals surface area contributed by atoms with Gasteiger partial charge in [-0.25, -0.2) is 0 Å². The van der Waals surface area contributed by atoms with Crippen LogP contribution in [0.25, 0.3) is 11.6 Å². The molecule has 0 saturated carbocycles. The first kappa shape index (κ1) is 20.3. The molecule has 2 nitrogen and oxygen atoms in total. The van der Waals surface area contributed by atoms with Crippen molar-refractivity contribution in [3.8, 4) is 6.07 Å². The molecule has 0 unspecified atom stereocenters. The fraction of sp³-hybridized carbons (Fsp3) is 0.0952. The van der Waals surface area contributed by atoms with E-state index in [9.17, 15) is 18.4 Å². The van der Waals surface area contributed by atoms with Gasteiger partial charge in [-0.15, -0.1) is 0 Å². The first-order valence-electron chi connectivity index (χ1n) is 8.09. The van der Waals surface area contributed by atoms with Gasteiger partial charge in [-0.2, -0.15) is 18.4 Å². The summed E-state index contributed by atoms with van der Waals surface area (Å²) in [5.74, 6) is 0.371. The molecule has 0 N–H and O–H groups in total. The second kappa shape index (κ2) is 8.29. The number of benzene rings is 2. The van der Waals surface area contributed by atoms with Crippen molar-refractivity contribution in [1.29, 1.82) is 5.26 Å². The smallest absolute Gasteiger partial charge is 0.416 e. The Balaban J connectivity index is 1.90. The van der Waals surface area contributed by atoms with E-state index in [1.54, 1.807) is 6.07 Å². The Bertz CT molecular complexity index is 1060. The highest BCUT2D eigenvalue weighted by Gasteiger charge is 2.30. The molecule has 0 aliphatic heterocycles. The Morgan fingerprint density at radius 3 is 2.50 bits per heavy atom. The summed E-state index contributed by atoms with van der Waals surface area (Å²) < 4.78 is 45.2. The van der Waals surface area contributed by atoms with Crippen LogP contribution >= 0.6 is 27.7 Å². The zero-order valence-electron chi connectivity index (χ0n) is 14.5. The molecule has 0 aliphatic carbocycles. The van der Waals surface area contributed by atoms with Crippen LogP contribution in [0.5, 0.6) is 0 Å². The van der Waals surface area contributed by atoms with Gasteiger partial charge in [0.15, 0.2) is 5.09 Å². The molecule has 0 bridgehead atoms. The normalized spacial score (nSPS) is 12.1. The predicted molar refractivity (Wildman–Crippen MR) is 107 cm³/mol. The van der Waals surface area contributed by atoms with Crippen LogP contribution in [0.15, 0.2) is 73.5 Å². The number of alkyl halides is 3. The van der Waals surface area contributed by atoms with E-state index >= 15 is 0 Å². The zero-order chi connectivity index (χ0) is 20.3. The van der Waals surface area contributed by atoms with Gasteiger partial charge in [0, 0.05) is 4.90 Å². The number of rotatable bonds is 4. The Labute approximate surface area is 172 Å². The summed E-state index contributed by atoms with van der Waals surface area (Å²) in [4.78, 5) is 0.981. The average molecular weight is 464 g/mol. The number of allylic oxidation sites excluding steroid dienone is 1. The summed E-state index contributed by atoms with van der Waals surface area (Å²) in [5, 5.41) is 10.0. The number of hydrogen-bond donors (Lipinski definition) is 0. The fourth-order valence-corrected chi connectivity index (χ4v) is 3.74. The molecule has 0 fully saturated rings. The number of halogens is 4. The summed E-state index contributed by atoms with van der Waals surface area (Å²) >= 11 is 4.82. The van der Waals surface area contributed by atoms with Crippen molar-refractivity contribution in [2.75, 3.05) is 0 Å². The van der Waals surface area contributed by atoms with Crippen molar-refractivity contribution in [2.45, 2.75) is 23.1 Å². The minimum absolute atomic E-state index is 0.0826. The van der Waals surface area contributed by atoms with Gasteiger partial charge in [0.2, 0.25) is 0 Å². The van der Waals surface area contributed by atoms with Crippen molar-refractivity contribution in [2.24, 2.45) is 0 Å². The maximum Gasteiger partial charge on any atom is 0.416 e. The van der Waals surface area contributed by atoms with Crippen LogP contribution < -0.4 is 0 Å². The monoisotopic (exact) mass is 463 g/mol. The predicted octanol–water partition coefficient (Wildman–Crippen LogP) is 7.58. The number of nitriles is 1.